The summed E-state index contributed by atoms with van der Waals surface area (Å²) < 4.78 is 0. The van der Waals surface area contributed by atoms with Gasteiger partial charge in [0.2, 0.25) is 5.95 Å². The maximum Gasteiger partial charge on any atom is 0.219 e. The van der Waals surface area contributed by atoms with Crippen LogP contribution in [-0.2, 0) is 6.54 Å². The molecule has 1 saturated carbocycles. The van der Waals surface area contributed by atoms with E-state index >= 15 is 0 Å². The summed E-state index contributed by atoms with van der Waals surface area (Å²) in [7, 11) is 0. The molecule has 2 aromatic rings. The quantitative estimate of drug-likeness (QED) is 0.887. The zero-order valence-corrected chi connectivity index (χ0v) is 13.1. The van der Waals surface area contributed by atoms with Crippen molar-refractivity contribution < 1.29 is 0 Å². The Hall–Kier alpha value is -2.20. The van der Waals surface area contributed by atoms with Crippen molar-refractivity contribution in [3.05, 3.63) is 59.9 Å². The van der Waals surface area contributed by atoms with Gasteiger partial charge in [0.15, 0.2) is 0 Å². The number of nitrogen functional groups attached to an aromatic ring is 1. The molecule has 3 rings (SSSR count). The van der Waals surface area contributed by atoms with E-state index in [0.29, 0.717) is 5.95 Å². The van der Waals surface area contributed by atoms with Crippen LogP contribution in [0.1, 0.15) is 37.3 Å². The Bertz CT molecular complexity index is 559. The Balaban J connectivity index is 0.000000164. The Morgan fingerprint density at radius 1 is 1.18 bits per heavy atom. The number of benzene rings is 1. The SMILES string of the molecule is CC/C=C\c1ccccc1.Nc1ncc(CNC2CC2)cn1. The molecule has 0 saturated heterocycles. The second-order valence-electron chi connectivity index (χ2n) is 5.33. The fourth-order valence-electron chi connectivity index (χ4n) is 1.82. The Morgan fingerprint density at radius 2 is 1.86 bits per heavy atom. The first-order valence-corrected chi connectivity index (χ1v) is 7.79. The molecule has 4 heteroatoms. The van der Waals surface area contributed by atoms with Crippen molar-refractivity contribution in [3.8, 4) is 0 Å². The van der Waals surface area contributed by atoms with E-state index in [4.69, 9.17) is 5.73 Å². The van der Waals surface area contributed by atoms with Crippen molar-refractivity contribution in [2.24, 2.45) is 0 Å². The third kappa shape index (κ3) is 6.50. The Labute approximate surface area is 132 Å². The van der Waals surface area contributed by atoms with Crippen molar-refractivity contribution >= 4 is 12.0 Å². The molecule has 4 nitrogen and oxygen atoms in total. The monoisotopic (exact) mass is 296 g/mol. The molecule has 1 aliphatic rings. The van der Waals surface area contributed by atoms with Crippen molar-refractivity contribution in [2.45, 2.75) is 38.8 Å². The van der Waals surface area contributed by atoms with Gasteiger partial charge in [-0.1, -0.05) is 49.4 Å². The topological polar surface area (TPSA) is 63.8 Å². The highest BCUT2D eigenvalue weighted by Crippen LogP contribution is 2.18. The maximum absolute atomic E-state index is 5.35. The Kier molecular flexibility index (Phi) is 6.58. The number of nitrogens with zero attached hydrogens (tertiary/aromatic N) is 2. The molecule has 1 aliphatic carbocycles. The van der Waals surface area contributed by atoms with E-state index in [1.807, 2.05) is 6.07 Å². The van der Waals surface area contributed by atoms with Gasteiger partial charge in [0.25, 0.3) is 0 Å². The zero-order chi connectivity index (χ0) is 15.6. The normalized spacial score (nSPS) is 13.7. The fourth-order valence-corrected chi connectivity index (χ4v) is 1.82. The molecule has 0 bridgehead atoms. The molecule has 0 unspecified atom stereocenters. The zero-order valence-electron chi connectivity index (χ0n) is 13.1. The molecule has 0 radical (unpaired) electrons. The van der Waals surface area contributed by atoms with Crippen molar-refractivity contribution in [2.75, 3.05) is 5.73 Å². The van der Waals surface area contributed by atoms with E-state index in [0.717, 1.165) is 24.6 Å². The van der Waals surface area contributed by atoms with E-state index in [1.165, 1.54) is 18.4 Å². The molecule has 1 heterocycles. The first kappa shape index (κ1) is 16.2. The number of nitrogens with two attached hydrogens (primary N) is 1. The fraction of sp³-hybridized carbons (Fsp3) is 0.333. The lowest BCUT2D eigenvalue weighted by Gasteiger charge is -2.01. The van der Waals surface area contributed by atoms with Crippen LogP contribution in [-0.4, -0.2) is 16.0 Å². The van der Waals surface area contributed by atoms with Gasteiger partial charge in [-0.05, 0) is 24.8 Å². The minimum absolute atomic E-state index is 0.338. The van der Waals surface area contributed by atoms with Gasteiger partial charge in [0, 0.05) is 30.5 Å². The smallest absolute Gasteiger partial charge is 0.219 e. The van der Waals surface area contributed by atoms with Crippen LogP contribution in [0.4, 0.5) is 5.95 Å². The average molecular weight is 296 g/mol. The van der Waals surface area contributed by atoms with Crippen molar-refractivity contribution in [1.29, 1.82) is 0 Å². The number of aromatic nitrogens is 2. The molecule has 3 N–H and O–H groups in total. The molecular weight excluding hydrogens is 272 g/mol. The highest BCUT2D eigenvalue weighted by molar-refractivity contribution is 5.48. The predicted molar refractivity (Wildman–Crippen MR) is 92.1 cm³/mol. The summed E-state index contributed by atoms with van der Waals surface area (Å²) in [5.41, 5.74) is 7.73. The van der Waals surface area contributed by atoms with Gasteiger partial charge < -0.3 is 11.1 Å². The lowest BCUT2D eigenvalue weighted by Crippen LogP contribution is -2.15. The minimum Gasteiger partial charge on any atom is -0.368 e. The maximum atomic E-state index is 5.35. The molecule has 0 spiro atoms. The lowest BCUT2D eigenvalue weighted by molar-refractivity contribution is 0.684. The number of hydrogen-bond donors (Lipinski definition) is 2. The van der Waals surface area contributed by atoms with Crippen molar-refractivity contribution in [3.63, 3.8) is 0 Å². The summed E-state index contributed by atoms with van der Waals surface area (Å²) in [4.78, 5) is 7.81. The standard InChI is InChI=1S/C10H12.C8H12N4/c1-2-3-7-10-8-5-4-6-9-10;9-8-11-4-6(5-12-8)3-10-7-1-2-7/h3-9H,2H2,1H3;4-5,7,10H,1-3H2,(H2,9,11,12)/b7-3-;. The second-order valence-corrected chi connectivity index (χ2v) is 5.33. The third-order valence-electron chi connectivity index (χ3n) is 3.24. The van der Waals surface area contributed by atoms with Gasteiger partial charge in [-0.2, -0.15) is 0 Å². The van der Waals surface area contributed by atoms with Crippen LogP contribution in [0.2, 0.25) is 0 Å². The van der Waals surface area contributed by atoms with Crippen LogP contribution in [0.3, 0.4) is 0 Å². The van der Waals surface area contributed by atoms with E-state index in [2.05, 4.69) is 58.6 Å². The van der Waals surface area contributed by atoms with Crippen LogP contribution < -0.4 is 11.1 Å². The summed E-state index contributed by atoms with van der Waals surface area (Å²) in [6.45, 7) is 2.99. The largest absolute Gasteiger partial charge is 0.368 e. The highest BCUT2D eigenvalue weighted by atomic mass is 15.0. The summed E-state index contributed by atoms with van der Waals surface area (Å²) >= 11 is 0. The molecule has 0 amide bonds. The van der Waals surface area contributed by atoms with Gasteiger partial charge >= 0.3 is 0 Å². The van der Waals surface area contributed by atoms with Crippen LogP contribution in [0, 0.1) is 0 Å². The molecule has 0 atom stereocenters. The predicted octanol–water partition coefficient (Wildman–Crippen LogP) is 3.42. The summed E-state index contributed by atoms with van der Waals surface area (Å²) in [5, 5.41) is 3.37. The highest BCUT2D eigenvalue weighted by Gasteiger charge is 2.19. The van der Waals surface area contributed by atoms with Gasteiger partial charge in [-0.3, -0.25) is 0 Å². The number of anilines is 1. The van der Waals surface area contributed by atoms with E-state index in [1.54, 1.807) is 12.4 Å². The van der Waals surface area contributed by atoms with E-state index in [9.17, 15) is 0 Å². The van der Waals surface area contributed by atoms with Crippen LogP contribution in [0.15, 0.2) is 48.8 Å². The summed E-state index contributed by atoms with van der Waals surface area (Å²) in [6.07, 6.45) is 11.5. The first-order valence-electron chi connectivity index (χ1n) is 7.79. The summed E-state index contributed by atoms with van der Waals surface area (Å²) in [6, 6.07) is 11.1. The molecule has 1 aromatic carbocycles. The lowest BCUT2D eigenvalue weighted by atomic mass is 10.2. The molecule has 1 fully saturated rings. The van der Waals surface area contributed by atoms with Gasteiger partial charge in [0.05, 0.1) is 0 Å². The number of hydrogen-bond acceptors (Lipinski definition) is 4. The van der Waals surface area contributed by atoms with Gasteiger partial charge in [-0.25, -0.2) is 9.97 Å². The van der Waals surface area contributed by atoms with Crippen LogP contribution >= 0.6 is 0 Å². The number of rotatable bonds is 5. The first-order chi connectivity index (χ1) is 10.8. The van der Waals surface area contributed by atoms with Crippen LogP contribution in [0.25, 0.3) is 6.08 Å². The molecule has 1 aromatic heterocycles. The number of allylic oxidation sites excluding steroid dienone is 1. The second kappa shape index (κ2) is 8.95. The van der Waals surface area contributed by atoms with Crippen molar-refractivity contribution in [1.82, 2.24) is 15.3 Å². The number of nitrogens with one attached hydrogen (secondary N) is 1. The minimum atomic E-state index is 0.338. The molecule has 0 aliphatic heterocycles. The average Bonchev–Trinajstić information content (AvgIpc) is 3.38. The molecular formula is C18H24N4. The third-order valence-corrected chi connectivity index (χ3v) is 3.24. The Morgan fingerprint density at radius 3 is 2.45 bits per heavy atom. The molecule has 116 valence electrons. The summed E-state index contributed by atoms with van der Waals surface area (Å²) in [5.74, 6) is 0.338. The van der Waals surface area contributed by atoms with Gasteiger partial charge in [0.1, 0.15) is 0 Å². The van der Waals surface area contributed by atoms with E-state index in [-0.39, 0.29) is 0 Å². The van der Waals surface area contributed by atoms with E-state index < -0.39 is 0 Å². The molecule has 22 heavy (non-hydrogen) atoms. The van der Waals surface area contributed by atoms with Gasteiger partial charge in [-0.15, -0.1) is 0 Å². The van der Waals surface area contributed by atoms with Crippen LogP contribution in [0.5, 0.6) is 0 Å².